The minimum absolute atomic E-state index is 0.114. The third kappa shape index (κ3) is 5.05. The quantitative estimate of drug-likeness (QED) is 0.141. The van der Waals surface area contributed by atoms with Crippen LogP contribution < -0.4 is 4.74 Å². The number of ether oxygens (including phenoxy) is 1. The molecule has 0 aliphatic carbocycles. The van der Waals surface area contributed by atoms with Gasteiger partial charge in [0.15, 0.2) is 11.5 Å². The number of hydrogen-bond acceptors (Lipinski definition) is 5. The number of methoxy groups -OCH3 is 1. The van der Waals surface area contributed by atoms with E-state index in [1.54, 1.807) is 60.7 Å². The summed E-state index contributed by atoms with van der Waals surface area (Å²) in [5.41, 5.74) is 3.71. The van der Waals surface area contributed by atoms with E-state index in [1.807, 2.05) is 13.0 Å². The fraction of sp³-hybridized carbons (Fsp3) is 0.148. The number of carboxylic acids is 1. The smallest absolute Gasteiger partial charge is 0.358 e. The Morgan fingerprint density at radius 3 is 2.37 bits per heavy atom. The standard InChI is InChI=1S/C27H23ClN2O5/c1-16-20(14-15-35-30-25(27(32)33)17-6-4-3-5-7-17)23-21(29-16)12-13-22(34-2)24(23)26(31)18-8-10-19(28)11-9-18/h3-13,29H,14-15H2,1-2H3,(H,32,33). The zero-order valence-corrected chi connectivity index (χ0v) is 19.9. The lowest BCUT2D eigenvalue weighted by molar-refractivity contribution is -0.129. The molecule has 4 aromatic rings. The highest BCUT2D eigenvalue weighted by Crippen LogP contribution is 2.34. The Bertz CT molecular complexity index is 1410. The van der Waals surface area contributed by atoms with E-state index in [4.69, 9.17) is 21.2 Å². The lowest BCUT2D eigenvalue weighted by Gasteiger charge is -2.11. The molecule has 4 rings (SSSR count). The number of carbonyl (C=O) groups is 2. The molecule has 0 amide bonds. The molecule has 0 atom stereocenters. The summed E-state index contributed by atoms with van der Waals surface area (Å²) in [6.07, 6.45) is 0.394. The third-order valence-electron chi connectivity index (χ3n) is 5.65. The van der Waals surface area contributed by atoms with Gasteiger partial charge in [-0.2, -0.15) is 0 Å². The normalized spacial score (nSPS) is 11.5. The van der Waals surface area contributed by atoms with Crippen molar-refractivity contribution in [2.75, 3.05) is 13.7 Å². The van der Waals surface area contributed by atoms with Crippen LogP contribution in [0.15, 0.2) is 71.9 Å². The molecule has 0 aliphatic heterocycles. The predicted octanol–water partition coefficient (Wildman–Crippen LogP) is 5.42. The van der Waals surface area contributed by atoms with Gasteiger partial charge in [-0.25, -0.2) is 4.79 Å². The van der Waals surface area contributed by atoms with Crippen molar-refractivity contribution < 1.29 is 24.3 Å². The van der Waals surface area contributed by atoms with Crippen molar-refractivity contribution >= 4 is 40.0 Å². The lowest BCUT2D eigenvalue weighted by atomic mass is 9.95. The van der Waals surface area contributed by atoms with Crippen molar-refractivity contribution in [2.24, 2.45) is 5.16 Å². The molecule has 178 valence electrons. The topological polar surface area (TPSA) is 101 Å². The molecule has 2 N–H and O–H groups in total. The van der Waals surface area contributed by atoms with Gasteiger partial charge in [0.2, 0.25) is 0 Å². The van der Waals surface area contributed by atoms with Gasteiger partial charge in [0.1, 0.15) is 12.4 Å². The van der Waals surface area contributed by atoms with Crippen molar-refractivity contribution in [3.05, 3.63) is 99.7 Å². The number of carbonyl (C=O) groups excluding carboxylic acids is 1. The van der Waals surface area contributed by atoms with Gasteiger partial charge in [0.25, 0.3) is 0 Å². The molecule has 0 spiro atoms. The number of aromatic amines is 1. The van der Waals surface area contributed by atoms with Crippen LogP contribution in [0, 0.1) is 6.92 Å². The molecular weight excluding hydrogens is 468 g/mol. The Morgan fingerprint density at radius 2 is 1.71 bits per heavy atom. The summed E-state index contributed by atoms with van der Waals surface area (Å²) >= 11 is 5.99. The van der Waals surface area contributed by atoms with Crippen LogP contribution in [0.4, 0.5) is 0 Å². The average Bonchev–Trinajstić information content (AvgIpc) is 3.18. The fourth-order valence-corrected chi connectivity index (χ4v) is 4.11. The molecule has 3 aromatic carbocycles. The maximum absolute atomic E-state index is 13.5. The van der Waals surface area contributed by atoms with E-state index in [0.29, 0.717) is 33.9 Å². The van der Waals surface area contributed by atoms with Gasteiger partial charge in [0, 0.05) is 39.2 Å². The van der Waals surface area contributed by atoms with Crippen molar-refractivity contribution in [2.45, 2.75) is 13.3 Å². The van der Waals surface area contributed by atoms with E-state index in [0.717, 1.165) is 22.2 Å². The second-order valence-electron chi connectivity index (χ2n) is 7.82. The van der Waals surface area contributed by atoms with Gasteiger partial charge in [-0.05, 0) is 48.9 Å². The molecule has 0 fully saturated rings. The first-order valence-electron chi connectivity index (χ1n) is 10.9. The van der Waals surface area contributed by atoms with Crippen molar-refractivity contribution in [3.8, 4) is 5.75 Å². The number of aliphatic carboxylic acids is 1. The average molecular weight is 491 g/mol. The van der Waals surface area contributed by atoms with Crippen LogP contribution in [0.25, 0.3) is 10.9 Å². The number of fused-ring (bicyclic) bond motifs is 1. The molecule has 7 nitrogen and oxygen atoms in total. The minimum atomic E-state index is -1.18. The Hall–Kier alpha value is -4.10. The monoisotopic (exact) mass is 490 g/mol. The van der Waals surface area contributed by atoms with Gasteiger partial charge >= 0.3 is 5.97 Å². The van der Waals surface area contributed by atoms with Gasteiger partial charge in [0.05, 0.1) is 12.7 Å². The zero-order chi connectivity index (χ0) is 24.9. The fourth-order valence-electron chi connectivity index (χ4n) is 3.99. The Balaban J connectivity index is 1.67. The summed E-state index contributed by atoms with van der Waals surface area (Å²) in [5, 5.41) is 14.6. The predicted molar refractivity (Wildman–Crippen MR) is 135 cm³/mol. The molecule has 35 heavy (non-hydrogen) atoms. The van der Waals surface area contributed by atoms with Crippen LogP contribution in [0.1, 0.15) is 32.7 Å². The van der Waals surface area contributed by atoms with Crippen LogP contribution >= 0.6 is 11.6 Å². The van der Waals surface area contributed by atoms with E-state index in [1.165, 1.54) is 7.11 Å². The van der Waals surface area contributed by atoms with Gasteiger partial charge < -0.3 is 19.7 Å². The van der Waals surface area contributed by atoms with Gasteiger partial charge in [-0.1, -0.05) is 47.1 Å². The Labute approximate surface area is 206 Å². The van der Waals surface area contributed by atoms with E-state index < -0.39 is 5.97 Å². The Morgan fingerprint density at radius 1 is 1.00 bits per heavy atom. The largest absolute Gasteiger partial charge is 0.496 e. The van der Waals surface area contributed by atoms with Crippen molar-refractivity contribution in [1.29, 1.82) is 0 Å². The number of hydrogen-bond donors (Lipinski definition) is 2. The second kappa shape index (κ2) is 10.4. The molecule has 0 bridgehead atoms. The summed E-state index contributed by atoms with van der Waals surface area (Å²) in [7, 11) is 1.52. The first-order valence-corrected chi connectivity index (χ1v) is 11.3. The highest BCUT2D eigenvalue weighted by Gasteiger charge is 2.23. The molecule has 0 saturated heterocycles. The Kier molecular flexibility index (Phi) is 7.17. The lowest BCUT2D eigenvalue weighted by Crippen LogP contribution is -2.15. The zero-order valence-electron chi connectivity index (χ0n) is 19.2. The number of carboxylic acid groups (broad SMARTS) is 1. The van der Waals surface area contributed by atoms with E-state index >= 15 is 0 Å². The maximum atomic E-state index is 13.5. The molecule has 1 heterocycles. The number of aromatic nitrogens is 1. The van der Waals surface area contributed by atoms with Crippen molar-refractivity contribution in [1.82, 2.24) is 4.98 Å². The van der Waals surface area contributed by atoms with Crippen LogP contribution in [0.5, 0.6) is 5.75 Å². The van der Waals surface area contributed by atoms with E-state index in [2.05, 4.69) is 10.1 Å². The summed E-state index contributed by atoms with van der Waals surface area (Å²) in [5.74, 6) is -0.922. The van der Waals surface area contributed by atoms with Crippen molar-refractivity contribution in [3.63, 3.8) is 0 Å². The number of nitrogens with one attached hydrogen (secondary N) is 1. The van der Waals surface area contributed by atoms with Crippen LogP contribution in [0.2, 0.25) is 5.02 Å². The number of halogens is 1. The molecule has 0 radical (unpaired) electrons. The highest BCUT2D eigenvalue weighted by molar-refractivity contribution is 6.42. The number of oxime groups is 1. The first-order chi connectivity index (χ1) is 16.9. The van der Waals surface area contributed by atoms with Gasteiger partial charge in [-0.15, -0.1) is 0 Å². The molecule has 0 saturated carbocycles. The van der Waals surface area contributed by atoms with Crippen LogP contribution in [-0.4, -0.2) is 41.3 Å². The third-order valence-corrected chi connectivity index (χ3v) is 5.90. The molecular formula is C27H23ClN2O5. The number of H-pyrrole nitrogens is 1. The molecule has 8 heteroatoms. The van der Waals surface area contributed by atoms with Gasteiger partial charge in [-0.3, -0.25) is 4.79 Å². The van der Waals surface area contributed by atoms with Crippen LogP contribution in [0.3, 0.4) is 0 Å². The second-order valence-corrected chi connectivity index (χ2v) is 8.26. The first kappa shape index (κ1) is 24.0. The van der Waals surface area contributed by atoms with Crippen LogP contribution in [-0.2, 0) is 16.1 Å². The number of aryl methyl sites for hydroxylation is 1. The minimum Gasteiger partial charge on any atom is -0.496 e. The maximum Gasteiger partial charge on any atom is 0.358 e. The summed E-state index contributed by atoms with van der Waals surface area (Å²) in [6, 6.07) is 18.9. The number of rotatable bonds is 9. The van der Waals surface area contributed by atoms with E-state index in [-0.39, 0.29) is 18.1 Å². The highest BCUT2D eigenvalue weighted by atomic mass is 35.5. The summed E-state index contributed by atoms with van der Waals surface area (Å²) < 4.78 is 5.54. The number of ketones is 1. The molecule has 0 unspecified atom stereocenters. The molecule has 1 aromatic heterocycles. The SMILES string of the molecule is COc1ccc2[nH]c(C)c(CCON=C(C(=O)O)c3ccccc3)c2c1C(=O)c1ccc(Cl)cc1. The summed E-state index contributed by atoms with van der Waals surface area (Å²) in [6.45, 7) is 2.03. The number of nitrogens with zero attached hydrogens (tertiary/aromatic N) is 1. The number of benzene rings is 3. The van der Waals surface area contributed by atoms with E-state index in [9.17, 15) is 14.7 Å². The molecule has 0 aliphatic rings. The summed E-state index contributed by atoms with van der Waals surface area (Å²) in [4.78, 5) is 33.9.